The third-order valence-corrected chi connectivity index (χ3v) is 5.23. The molecular weight excluding hydrogens is 272 g/mol. The Morgan fingerprint density at radius 1 is 1.32 bits per heavy atom. The van der Waals surface area contributed by atoms with E-state index < -0.39 is 0 Å². The van der Waals surface area contributed by atoms with E-state index in [1.807, 2.05) is 0 Å². The van der Waals surface area contributed by atoms with Gasteiger partial charge in [-0.15, -0.1) is 0 Å². The van der Waals surface area contributed by atoms with Gasteiger partial charge in [-0.2, -0.15) is 0 Å². The van der Waals surface area contributed by atoms with Crippen molar-refractivity contribution in [2.24, 2.45) is 17.6 Å². The van der Waals surface area contributed by atoms with E-state index in [0.29, 0.717) is 12.3 Å². The summed E-state index contributed by atoms with van der Waals surface area (Å²) < 4.78 is 0. The highest BCUT2D eigenvalue weighted by molar-refractivity contribution is 5.64. The van der Waals surface area contributed by atoms with Gasteiger partial charge in [0.05, 0.1) is 6.10 Å². The molecule has 0 radical (unpaired) electrons. The molecule has 0 bridgehead atoms. The fourth-order valence-electron chi connectivity index (χ4n) is 4.12. The Labute approximate surface area is 132 Å². The highest BCUT2D eigenvalue weighted by atomic mass is 16.3. The van der Waals surface area contributed by atoms with Crippen LogP contribution < -0.4 is 5.73 Å². The molecule has 1 aromatic rings. The van der Waals surface area contributed by atoms with Crippen LogP contribution in [0, 0.1) is 11.8 Å². The maximum Gasteiger partial charge on any atom is 0.0811 e. The molecule has 3 N–H and O–H groups in total. The predicted octanol–water partition coefficient (Wildman–Crippen LogP) is 3.35. The van der Waals surface area contributed by atoms with Gasteiger partial charge in [0.25, 0.3) is 0 Å². The van der Waals surface area contributed by atoms with E-state index >= 15 is 0 Å². The number of hydrogen-bond donors (Lipinski definition) is 2. The smallest absolute Gasteiger partial charge is 0.0811 e. The first-order valence-electron chi connectivity index (χ1n) is 8.60. The zero-order chi connectivity index (χ0) is 15.4. The Hall–Kier alpha value is -1.32. The topological polar surface area (TPSA) is 49.5 Å². The lowest BCUT2D eigenvalue weighted by Crippen LogP contribution is -2.31. The van der Waals surface area contributed by atoms with Crippen molar-refractivity contribution >= 4 is 6.08 Å². The number of nitrogens with two attached hydrogens (primary N) is 1. The molecule has 1 heterocycles. The Morgan fingerprint density at radius 2 is 2.09 bits per heavy atom. The van der Waals surface area contributed by atoms with Crippen molar-refractivity contribution in [2.45, 2.75) is 51.8 Å². The maximum atomic E-state index is 10.2. The van der Waals surface area contributed by atoms with Crippen molar-refractivity contribution < 1.29 is 5.11 Å². The molecule has 0 aromatic heterocycles. The van der Waals surface area contributed by atoms with Crippen molar-refractivity contribution in [3.8, 4) is 0 Å². The van der Waals surface area contributed by atoms with Gasteiger partial charge in [0, 0.05) is 24.8 Å². The minimum Gasteiger partial charge on any atom is -0.388 e. The number of rotatable bonds is 3. The second kappa shape index (κ2) is 5.10. The van der Waals surface area contributed by atoms with E-state index in [9.17, 15) is 5.11 Å². The molecule has 1 aromatic carbocycles. The number of aliphatic hydroxyl groups excluding tert-OH is 1. The average molecular weight is 298 g/mol. The molecule has 1 fully saturated rings. The summed E-state index contributed by atoms with van der Waals surface area (Å²) in [5, 5.41) is 10.2. The number of aliphatic hydroxyl groups is 1. The van der Waals surface area contributed by atoms with Crippen LogP contribution >= 0.6 is 0 Å². The van der Waals surface area contributed by atoms with Crippen LogP contribution in [0.1, 0.15) is 67.5 Å². The molecule has 1 saturated carbocycles. The minimum absolute atomic E-state index is 0.0169. The molecule has 2 unspecified atom stereocenters. The average Bonchev–Trinajstić information content (AvgIpc) is 3.24. The summed E-state index contributed by atoms with van der Waals surface area (Å²) in [6.45, 7) is 6.62. The van der Waals surface area contributed by atoms with Gasteiger partial charge in [0.2, 0.25) is 0 Å². The Bertz CT molecular complexity index is 631. The zero-order valence-electron chi connectivity index (χ0n) is 13.5. The number of allylic oxidation sites excluding steroid dienone is 1. The van der Waals surface area contributed by atoms with Crippen LogP contribution in [-0.4, -0.2) is 16.6 Å². The zero-order valence-corrected chi connectivity index (χ0v) is 13.5. The van der Waals surface area contributed by atoms with Gasteiger partial charge >= 0.3 is 0 Å². The van der Waals surface area contributed by atoms with E-state index in [-0.39, 0.29) is 12.1 Å². The Kier molecular flexibility index (Phi) is 3.31. The van der Waals surface area contributed by atoms with Crippen LogP contribution in [0.15, 0.2) is 17.8 Å². The van der Waals surface area contributed by atoms with E-state index in [0.717, 1.165) is 24.6 Å². The van der Waals surface area contributed by atoms with Gasteiger partial charge in [-0.05, 0) is 59.4 Å². The number of benzene rings is 1. The molecule has 1 aliphatic heterocycles. The molecule has 3 heteroatoms. The van der Waals surface area contributed by atoms with Crippen LogP contribution in [0.25, 0.3) is 6.08 Å². The second-order valence-corrected chi connectivity index (χ2v) is 7.61. The summed E-state index contributed by atoms with van der Waals surface area (Å²) in [5.41, 5.74) is 12.8. The van der Waals surface area contributed by atoms with Crippen LogP contribution in [-0.2, 0) is 6.54 Å². The fourth-order valence-corrected chi connectivity index (χ4v) is 4.12. The minimum atomic E-state index is -0.386. The molecular formula is C19H26N2O. The summed E-state index contributed by atoms with van der Waals surface area (Å²) in [6.07, 6.45) is 5.33. The Morgan fingerprint density at radius 3 is 2.77 bits per heavy atom. The molecule has 3 nitrogen and oxygen atoms in total. The van der Waals surface area contributed by atoms with Crippen LogP contribution in [0.3, 0.4) is 0 Å². The molecule has 118 valence electrons. The van der Waals surface area contributed by atoms with Crippen molar-refractivity contribution in [2.75, 3.05) is 6.54 Å². The summed E-state index contributed by atoms with van der Waals surface area (Å²) in [7, 11) is 0. The summed E-state index contributed by atoms with van der Waals surface area (Å²) in [5.74, 6) is 1.42. The van der Waals surface area contributed by atoms with Gasteiger partial charge < -0.3 is 15.7 Å². The monoisotopic (exact) mass is 298 g/mol. The molecule has 0 saturated heterocycles. The highest BCUT2D eigenvalue weighted by Crippen LogP contribution is 2.46. The third kappa shape index (κ3) is 2.27. The summed E-state index contributed by atoms with van der Waals surface area (Å²) in [4.78, 5) is 2.56. The SMILES string of the molecule is CC(C)CN1Cc2c(ccc3c2C(N)CC3O)C=C1C1CC1. The molecule has 0 amide bonds. The van der Waals surface area contributed by atoms with E-state index in [1.165, 1.54) is 35.2 Å². The standard InChI is InChI=1S/C19H26N2O/c1-11(2)9-21-10-15-13(7-17(21)12-3-4-12)5-6-14-18(22)8-16(20)19(14)15/h5-7,11-12,16,18,22H,3-4,8-10,20H2,1-2H3. The summed E-state index contributed by atoms with van der Waals surface area (Å²) >= 11 is 0. The van der Waals surface area contributed by atoms with E-state index in [2.05, 4.69) is 37.0 Å². The van der Waals surface area contributed by atoms with Crippen molar-refractivity contribution in [3.63, 3.8) is 0 Å². The molecule has 2 atom stereocenters. The first-order chi connectivity index (χ1) is 10.5. The number of nitrogens with zero attached hydrogens (tertiary/aromatic N) is 1. The number of hydrogen-bond acceptors (Lipinski definition) is 3. The lowest BCUT2D eigenvalue weighted by Gasteiger charge is -2.35. The van der Waals surface area contributed by atoms with Crippen molar-refractivity contribution in [1.29, 1.82) is 0 Å². The Balaban J connectivity index is 1.78. The van der Waals surface area contributed by atoms with Crippen LogP contribution in [0.4, 0.5) is 0 Å². The van der Waals surface area contributed by atoms with Gasteiger partial charge in [0.15, 0.2) is 0 Å². The maximum absolute atomic E-state index is 10.2. The molecule has 4 rings (SSSR count). The second-order valence-electron chi connectivity index (χ2n) is 7.61. The normalized spacial score (nSPS) is 27.0. The molecule has 2 aliphatic carbocycles. The van der Waals surface area contributed by atoms with Crippen LogP contribution in [0.5, 0.6) is 0 Å². The first kappa shape index (κ1) is 14.3. The largest absolute Gasteiger partial charge is 0.388 e. The molecule has 3 aliphatic rings. The third-order valence-electron chi connectivity index (χ3n) is 5.23. The number of fused-ring (bicyclic) bond motifs is 3. The van der Waals surface area contributed by atoms with Crippen molar-refractivity contribution in [1.82, 2.24) is 4.90 Å². The first-order valence-corrected chi connectivity index (χ1v) is 8.60. The van der Waals surface area contributed by atoms with Gasteiger partial charge in [0.1, 0.15) is 0 Å². The van der Waals surface area contributed by atoms with Gasteiger partial charge in [-0.3, -0.25) is 0 Å². The molecule has 22 heavy (non-hydrogen) atoms. The highest BCUT2D eigenvalue weighted by Gasteiger charge is 2.36. The predicted molar refractivity (Wildman–Crippen MR) is 88.9 cm³/mol. The van der Waals surface area contributed by atoms with Crippen LogP contribution in [0.2, 0.25) is 0 Å². The quantitative estimate of drug-likeness (QED) is 0.899. The van der Waals surface area contributed by atoms with E-state index in [4.69, 9.17) is 5.73 Å². The lowest BCUT2D eigenvalue weighted by molar-refractivity contribution is 0.173. The summed E-state index contributed by atoms with van der Waals surface area (Å²) in [6, 6.07) is 4.26. The van der Waals surface area contributed by atoms with E-state index in [1.54, 1.807) is 0 Å². The molecule has 0 spiro atoms. The van der Waals surface area contributed by atoms with Gasteiger partial charge in [-0.25, -0.2) is 0 Å². The fraction of sp³-hybridized carbons (Fsp3) is 0.579. The van der Waals surface area contributed by atoms with Crippen molar-refractivity contribution in [3.05, 3.63) is 40.1 Å². The lowest BCUT2D eigenvalue weighted by atomic mass is 9.91. The van der Waals surface area contributed by atoms with Gasteiger partial charge in [-0.1, -0.05) is 26.0 Å².